The van der Waals surface area contributed by atoms with Gasteiger partial charge >= 0.3 is 0 Å². The van der Waals surface area contributed by atoms with Gasteiger partial charge in [0.15, 0.2) is 0 Å². The van der Waals surface area contributed by atoms with Crippen LogP contribution in [-0.2, 0) is 4.79 Å². The third kappa shape index (κ3) is 3.77. The van der Waals surface area contributed by atoms with Crippen LogP contribution in [0.3, 0.4) is 0 Å². The van der Waals surface area contributed by atoms with Crippen molar-refractivity contribution < 1.29 is 15.0 Å². The molecule has 0 saturated heterocycles. The summed E-state index contributed by atoms with van der Waals surface area (Å²) in [6.07, 6.45) is 0.681. The minimum Gasteiger partial charge on any atom is -0.394 e. The van der Waals surface area contributed by atoms with Crippen LogP contribution in [0.15, 0.2) is 0 Å². The van der Waals surface area contributed by atoms with E-state index < -0.39 is 6.10 Å². The van der Waals surface area contributed by atoms with E-state index in [2.05, 4.69) is 0 Å². The number of hydrogen-bond donors (Lipinski definition) is 2. The molecule has 0 saturated carbocycles. The smallest absolute Gasteiger partial charge is 0.120 e. The lowest BCUT2D eigenvalue weighted by molar-refractivity contribution is -0.108. The molecular formula is C5H10O3. The van der Waals surface area contributed by atoms with E-state index in [0.29, 0.717) is 12.8 Å². The van der Waals surface area contributed by atoms with Crippen molar-refractivity contribution in [3.8, 4) is 0 Å². The SMILES string of the molecule is O=CCC[C@H](O)CO. The fraction of sp³-hybridized carbons (Fsp3) is 0.800. The van der Waals surface area contributed by atoms with E-state index in [1.807, 2.05) is 0 Å². The molecule has 8 heavy (non-hydrogen) atoms. The molecule has 0 amide bonds. The van der Waals surface area contributed by atoms with Gasteiger partial charge in [-0.25, -0.2) is 0 Å². The van der Waals surface area contributed by atoms with Gasteiger partial charge in [0.05, 0.1) is 12.7 Å². The maximum atomic E-state index is 9.63. The Balaban J connectivity index is 2.97. The van der Waals surface area contributed by atoms with Gasteiger partial charge in [0.2, 0.25) is 0 Å². The van der Waals surface area contributed by atoms with Crippen molar-refractivity contribution in [2.24, 2.45) is 0 Å². The van der Waals surface area contributed by atoms with Crippen molar-refractivity contribution in [1.82, 2.24) is 0 Å². The second kappa shape index (κ2) is 4.74. The fourth-order valence-corrected chi connectivity index (χ4v) is 0.352. The van der Waals surface area contributed by atoms with Crippen LogP contribution in [0.2, 0.25) is 0 Å². The molecule has 0 aromatic carbocycles. The number of aldehydes is 1. The average Bonchev–Trinajstić information content (AvgIpc) is 1.83. The summed E-state index contributed by atoms with van der Waals surface area (Å²) in [7, 11) is 0. The number of rotatable bonds is 4. The molecule has 0 aliphatic rings. The molecule has 0 spiro atoms. The zero-order valence-corrected chi connectivity index (χ0v) is 4.58. The summed E-state index contributed by atoms with van der Waals surface area (Å²) < 4.78 is 0. The predicted octanol–water partition coefficient (Wildman–Crippen LogP) is -0.681. The van der Waals surface area contributed by atoms with Crippen LogP contribution in [0.1, 0.15) is 12.8 Å². The molecule has 0 bridgehead atoms. The van der Waals surface area contributed by atoms with Crippen LogP contribution in [0.4, 0.5) is 0 Å². The number of carbonyl (C=O) groups excluding carboxylic acids is 1. The monoisotopic (exact) mass is 118 g/mol. The molecule has 2 N–H and O–H groups in total. The van der Waals surface area contributed by atoms with Crippen molar-refractivity contribution in [2.75, 3.05) is 6.61 Å². The zero-order chi connectivity index (χ0) is 6.41. The van der Waals surface area contributed by atoms with Gasteiger partial charge < -0.3 is 15.0 Å². The second-order valence-corrected chi connectivity index (χ2v) is 1.58. The molecule has 48 valence electrons. The predicted molar refractivity (Wildman–Crippen MR) is 28.4 cm³/mol. The summed E-state index contributed by atoms with van der Waals surface area (Å²) in [5, 5.41) is 16.8. The Morgan fingerprint density at radius 3 is 2.62 bits per heavy atom. The average molecular weight is 118 g/mol. The van der Waals surface area contributed by atoms with Crippen molar-refractivity contribution in [3.63, 3.8) is 0 Å². The van der Waals surface area contributed by atoms with E-state index in [0.717, 1.165) is 6.29 Å². The summed E-state index contributed by atoms with van der Waals surface area (Å²) in [4.78, 5) is 9.63. The Morgan fingerprint density at radius 2 is 2.25 bits per heavy atom. The van der Waals surface area contributed by atoms with Crippen molar-refractivity contribution in [3.05, 3.63) is 0 Å². The summed E-state index contributed by atoms with van der Waals surface area (Å²) in [5.41, 5.74) is 0. The van der Waals surface area contributed by atoms with E-state index in [-0.39, 0.29) is 6.61 Å². The van der Waals surface area contributed by atoms with Crippen LogP contribution >= 0.6 is 0 Å². The molecule has 0 aliphatic carbocycles. The highest BCUT2D eigenvalue weighted by molar-refractivity contribution is 5.49. The first-order valence-electron chi connectivity index (χ1n) is 2.53. The van der Waals surface area contributed by atoms with Crippen molar-refractivity contribution in [2.45, 2.75) is 18.9 Å². The number of aliphatic hydroxyl groups excluding tert-OH is 2. The van der Waals surface area contributed by atoms with E-state index in [4.69, 9.17) is 10.2 Å². The molecule has 3 heteroatoms. The lowest BCUT2D eigenvalue weighted by Gasteiger charge is -2.00. The standard InChI is InChI=1S/C5H10O3/c6-3-1-2-5(8)4-7/h3,5,7-8H,1-2,4H2/t5-/m0/s1. The van der Waals surface area contributed by atoms with Crippen molar-refractivity contribution >= 4 is 6.29 Å². The van der Waals surface area contributed by atoms with E-state index in [1.54, 1.807) is 0 Å². The van der Waals surface area contributed by atoms with Gasteiger partial charge in [0.25, 0.3) is 0 Å². The molecule has 0 aromatic rings. The van der Waals surface area contributed by atoms with Crippen LogP contribution in [0.25, 0.3) is 0 Å². The Hall–Kier alpha value is -0.410. The van der Waals surface area contributed by atoms with E-state index in [1.165, 1.54) is 0 Å². The molecule has 0 unspecified atom stereocenters. The normalized spacial score (nSPS) is 13.2. The van der Waals surface area contributed by atoms with Gasteiger partial charge in [0, 0.05) is 6.42 Å². The molecule has 0 heterocycles. The molecule has 3 nitrogen and oxygen atoms in total. The van der Waals surface area contributed by atoms with Crippen LogP contribution in [0, 0.1) is 0 Å². The summed E-state index contributed by atoms with van der Waals surface area (Å²) in [6, 6.07) is 0. The van der Waals surface area contributed by atoms with E-state index >= 15 is 0 Å². The number of carbonyl (C=O) groups is 1. The fourth-order valence-electron chi connectivity index (χ4n) is 0.352. The zero-order valence-electron chi connectivity index (χ0n) is 4.58. The minimum absolute atomic E-state index is 0.256. The Labute approximate surface area is 47.9 Å². The van der Waals surface area contributed by atoms with Crippen LogP contribution in [-0.4, -0.2) is 29.2 Å². The lowest BCUT2D eigenvalue weighted by Crippen LogP contribution is -2.11. The maximum Gasteiger partial charge on any atom is 0.120 e. The van der Waals surface area contributed by atoms with Gasteiger partial charge in [-0.2, -0.15) is 0 Å². The first kappa shape index (κ1) is 7.59. The quantitative estimate of drug-likeness (QED) is 0.481. The first-order chi connectivity index (χ1) is 3.81. The molecule has 0 rings (SSSR count). The topological polar surface area (TPSA) is 57.5 Å². The molecule has 0 aromatic heterocycles. The molecular weight excluding hydrogens is 108 g/mol. The van der Waals surface area contributed by atoms with Crippen molar-refractivity contribution in [1.29, 1.82) is 0 Å². The van der Waals surface area contributed by atoms with Gasteiger partial charge in [0.1, 0.15) is 6.29 Å². The van der Waals surface area contributed by atoms with E-state index in [9.17, 15) is 4.79 Å². The highest BCUT2D eigenvalue weighted by atomic mass is 16.3. The second-order valence-electron chi connectivity index (χ2n) is 1.58. The molecule has 0 radical (unpaired) electrons. The van der Waals surface area contributed by atoms with Gasteiger partial charge in [-0.3, -0.25) is 0 Å². The Morgan fingerprint density at radius 1 is 1.62 bits per heavy atom. The third-order valence-electron chi connectivity index (χ3n) is 0.828. The number of aliphatic hydroxyl groups is 2. The lowest BCUT2D eigenvalue weighted by atomic mass is 10.2. The largest absolute Gasteiger partial charge is 0.394 e. The highest BCUT2D eigenvalue weighted by Gasteiger charge is 1.98. The summed E-state index contributed by atoms with van der Waals surface area (Å²) in [6.45, 7) is -0.256. The third-order valence-corrected chi connectivity index (χ3v) is 0.828. The summed E-state index contributed by atoms with van der Waals surface area (Å²) >= 11 is 0. The number of hydrogen-bond acceptors (Lipinski definition) is 3. The highest BCUT2D eigenvalue weighted by Crippen LogP contribution is 1.91. The van der Waals surface area contributed by atoms with Gasteiger partial charge in [-0.05, 0) is 6.42 Å². The van der Waals surface area contributed by atoms with Gasteiger partial charge in [-0.1, -0.05) is 0 Å². The maximum absolute atomic E-state index is 9.63. The molecule has 1 atom stereocenters. The van der Waals surface area contributed by atoms with Crippen LogP contribution in [0.5, 0.6) is 0 Å². The van der Waals surface area contributed by atoms with Gasteiger partial charge in [-0.15, -0.1) is 0 Å². The Bertz CT molecular complexity index is 62.7. The first-order valence-corrected chi connectivity index (χ1v) is 2.53. The van der Waals surface area contributed by atoms with Crippen LogP contribution < -0.4 is 0 Å². The minimum atomic E-state index is -0.722. The Kier molecular flexibility index (Phi) is 4.50. The molecule has 0 aliphatic heterocycles. The summed E-state index contributed by atoms with van der Waals surface area (Å²) in [5.74, 6) is 0. The molecule has 0 fully saturated rings.